The highest BCUT2D eigenvalue weighted by Gasteiger charge is 2.21. The maximum atomic E-state index is 5.94. The van der Waals surface area contributed by atoms with E-state index in [1.807, 2.05) is 0 Å². The first kappa shape index (κ1) is 16.8. The monoisotopic (exact) mass is 372 g/mol. The molecule has 0 N–H and O–H groups in total. The number of nitrogens with zero attached hydrogens (tertiary/aromatic N) is 2. The zero-order chi connectivity index (χ0) is 15.5. The van der Waals surface area contributed by atoms with Gasteiger partial charge in [0.1, 0.15) is 5.82 Å². The fourth-order valence-electron chi connectivity index (χ4n) is 2.49. The Kier molecular flexibility index (Phi) is 5.69. The number of aryl methyl sites for hydroxylation is 1. The molecule has 0 fully saturated rings. The Bertz CT molecular complexity index is 610. The average Bonchev–Trinajstić information content (AvgIpc) is 2.73. The van der Waals surface area contributed by atoms with E-state index in [2.05, 4.69) is 52.5 Å². The second-order valence-electron chi connectivity index (χ2n) is 6.09. The number of hydrogen-bond acceptors (Lipinski definition) is 2. The summed E-state index contributed by atoms with van der Waals surface area (Å²) in [4.78, 5) is 4.74. The summed E-state index contributed by atoms with van der Waals surface area (Å²) in [7, 11) is 1.75. The summed E-state index contributed by atoms with van der Waals surface area (Å²) in [6.45, 7) is 6.22. The number of fused-ring (bicyclic) bond motifs is 1. The first-order chi connectivity index (χ1) is 9.96. The van der Waals surface area contributed by atoms with Crippen molar-refractivity contribution in [3.8, 4) is 0 Å². The van der Waals surface area contributed by atoms with Crippen molar-refractivity contribution in [1.82, 2.24) is 9.55 Å². The minimum Gasteiger partial charge on any atom is -0.385 e. The molecular formula is C16H22BrClN2O. The molecular weight excluding hydrogens is 352 g/mol. The van der Waals surface area contributed by atoms with Crippen molar-refractivity contribution in [1.29, 1.82) is 0 Å². The number of halogens is 2. The summed E-state index contributed by atoms with van der Waals surface area (Å²) in [6.07, 6.45) is 1.80. The molecule has 5 heteroatoms. The maximum Gasteiger partial charge on any atom is 0.111 e. The molecule has 1 heterocycles. The van der Waals surface area contributed by atoms with Gasteiger partial charge < -0.3 is 9.30 Å². The molecule has 0 saturated carbocycles. The third-order valence-electron chi connectivity index (χ3n) is 3.68. The largest absolute Gasteiger partial charge is 0.385 e. The lowest BCUT2D eigenvalue weighted by atomic mass is 9.89. The molecule has 0 aliphatic carbocycles. The zero-order valence-corrected chi connectivity index (χ0v) is 15.2. The quantitative estimate of drug-likeness (QED) is 0.661. The van der Waals surface area contributed by atoms with E-state index in [9.17, 15) is 0 Å². The standard InChI is InChI=1S/C16H22BrClN2O/c1-16(2,7-9-21-3)11-20-14-5-4-12(17)10-13(14)19-15(20)6-8-18/h4-5,10H,6-9,11H2,1-3H3. The van der Waals surface area contributed by atoms with Crippen molar-refractivity contribution in [2.24, 2.45) is 5.41 Å². The van der Waals surface area contributed by atoms with Crippen LogP contribution >= 0.6 is 27.5 Å². The van der Waals surface area contributed by atoms with Crippen LogP contribution in [0.5, 0.6) is 0 Å². The number of methoxy groups -OCH3 is 1. The second kappa shape index (κ2) is 7.12. The Hall–Kier alpha value is -0.580. The highest BCUT2D eigenvalue weighted by atomic mass is 79.9. The van der Waals surface area contributed by atoms with Crippen molar-refractivity contribution in [3.05, 3.63) is 28.5 Å². The highest BCUT2D eigenvalue weighted by Crippen LogP contribution is 2.28. The summed E-state index contributed by atoms with van der Waals surface area (Å²) in [5.41, 5.74) is 2.34. The van der Waals surface area contributed by atoms with Crippen molar-refractivity contribution in [3.63, 3.8) is 0 Å². The van der Waals surface area contributed by atoms with E-state index >= 15 is 0 Å². The van der Waals surface area contributed by atoms with Gasteiger partial charge in [-0.1, -0.05) is 29.8 Å². The van der Waals surface area contributed by atoms with Gasteiger partial charge in [-0.25, -0.2) is 4.98 Å². The van der Waals surface area contributed by atoms with Gasteiger partial charge in [0.15, 0.2) is 0 Å². The van der Waals surface area contributed by atoms with Crippen LogP contribution in [0, 0.1) is 5.41 Å². The molecule has 0 spiro atoms. The Morgan fingerprint density at radius 3 is 2.81 bits per heavy atom. The minimum atomic E-state index is 0.151. The molecule has 0 aliphatic heterocycles. The molecule has 116 valence electrons. The molecule has 2 rings (SSSR count). The van der Waals surface area contributed by atoms with Crippen molar-refractivity contribution >= 4 is 38.6 Å². The molecule has 3 nitrogen and oxygen atoms in total. The molecule has 2 aromatic rings. The van der Waals surface area contributed by atoms with Crippen LogP contribution in [-0.4, -0.2) is 29.1 Å². The van der Waals surface area contributed by atoms with E-state index in [-0.39, 0.29) is 5.41 Å². The van der Waals surface area contributed by atoms with Gasteiger partial charge in [-0.3, -0.25) is 0 Å². The average molecular weight is 374 g/mol. The Balaban J connectivity index is 2.38. The van der Waals surface area contributed by atoms with Crippen molar-refractivity contribution < 1.29 is 4.74 Å². The summed E-state index contributed by atoms with van der Waals surface area (Å²) in [5, 5.41) is 0. The minimum absolute atomic E-state index is 0.151. The summed E-state index contributed by atoms with van der Waals surface area (Å²) >= 11 is 9.45. The van der Waals surface area contributed by atoms with Gasteiger partial charge in [-0.2, -0.15) is 0 Å². The summed E-state index contributed by atoms with van der Waals surface area (Å²) in [5.74, 6) is 1.65. The van der Waals surface area contributed by atoms with E-state index in [4.69, 9.17) is 21.3 Å². The van der Waals surface area contributed by atoms with Crippen LogP contribution in [0.4, 0.5) is 0 Å². The fourth-order valence-corrected chi connectivity index (χ4v) is 3.01. The number of aromatic nitrogens is 2. The van der Waals surface area contributed by atoms with Gasteiger partial charge in [0.2, 0.25) is 0 Å². The zero-order valence-electron chi connectivity index (χ0n) is 12.8. The van der Waals surface area contributed by atoms with Crippen LogP contribution in [0.2, 0.25) is 0 Å². The van der Waals surface area contributed by atoms with Crippen LogP contribution in [0.15, 0.2) is 22.7 Å². The molecule has 0 radical (unpaired) electrons. The molecule has 1 aromatic heterocycles. The smallest absolute Gasteiger partial charge is 0.111 e. The van der Waals surface area contributed by atoms with Crippen LogP contribution < -0.4 is 0 Å². The molecule has 21 heavy (non-hydrogen) atoms. The van der Waals surface area contributed by atoms with Gasteiger partial charge in [-0.15, -0.1) is 11.6 Å². The van der Waals surface area contributed by atoms with Crippen LogP contribution in [0.25, 0.3) is 11.0 Å². The van der Waals surface area contributed by atoms with Crippen molar-refractivity contribution in [2.75, 3.05) is 19.6 Å². The van der Waals surface area contributed by atoms with E-state index in [0.29, 0.717) is 5.88 Å². The van der Waals surface area contributed by atoms with Gasteiger partial charge >= 0.3 is 0 Å². The number of benzene rings is 1. The Labute approximate surface area is 139 Å². The molecule has 0 atom stereocenters. The Morgan fingerprint density at radius 2 is 2.14 bits per heavy atom. The van der Waals surface area contributed by atoms with Gasteiger partial charge in [-0.05, 0) is 30.0 Å². The Morgan fingerprint density at radius 1 is 1.38 bits per heavy atom. The fraction of sp³-hybridized carbons (Fsp3) is 0.562. The van der Waals surface area contributed by atoms with E-state index in [1.165, 1.54) is 5.52 Å². The second-order valence-corrected chi connectivity index (χ2v) is 7.39. The number of rotatable bonds is 7. The van der Waals surface area contributed by atoms with Gasteiger partial charge in [0.05, 0.1) is 11.0 Å². The third-order valence-corrected chi connectivity index (χ3v) is 4.36. The van der Waals surface area contributed by atoms with Crippen LogP contribution in [0.1, 0.15) is 26.1 Å². The summed E-state index contributed by atoms with van der Waals surface area (Å²) < 4.78 is 8.58. The van der Waals surface area contributed by atoms with E-state index < -0.39 is 0 Å². The van der Waals surface area contributed by atoms with Gasteiger partial charge in [0.25, 0.3) is 0 Å². The van der Waals surface area contributed by atoms with Crippen molar-refractivity contribution in [2.45, 2.75) is 33.2 Å². The third kappa shape index (κ3) is 4.21. The molecule has 0 bridgehead atoms. The number of imidazole rings is 1. The van der Waals surface area contributed by atoms with Crippen LogP contribution in [-0.2, 0) is 17.7 Å². The lowest BCUT2D eigenvalue weighted by Crippen LogP contribution is -2.23. The molecule has 0 aliphatic rings. The molecule has 0 unspecified atom stereocenters. The first-order valence-corrected chi connectivity index (χ1v) is 8.49. The molecule has 1 aromatic carbocycles. The first-order valence-electron chi connectivity index (χ1n) is 7.16. The normalized spacial score (nSPS) is 12.2. The number of hydrogen-bond donors (Lipinski definition) is 0. The SMILES string of the molecule is COCCC(C)(C)Cn1c(CCCl)nc2cc(Br)ccc21. The number of ether oxygens (including phenoxy) is 1. The van der Waals surface area contributed by atoms with E-state index in [1.54, 1.807) is 7.11 Å². The molecule has 0 amide bonds. The number of alkyl halides is 1. The van der Waals surface area contributed by atoms with Gasteiger partial charge in [0, 0.05) is 37.0 Å². The predicted octanol–water partition coefficient (Wildman–Crippen LogP) is 4.64. The maximum absolute atomic E-state index is 5.94. The van der Waals surface area contributed by atoms with Crippen LogP contribution in [0.3, 0.4) is 0 Å². The van der Waals surface area contributed by atoms with E-state index in [0.717, 1.165) is 41.8 Å². The highest BCUT2D eigenvalue weighted by molar-refractivity contribution is 9.10. The predicted molar refractivity (Wildman–Crippen MR) is 92.1 cm³/mol. The molecule has 0 saturated heterocycles. The summed E-state index contributed by atoms with van der Waals surface area (Å²) in [6, 6.07) is 6.25. The topological polar surface area (TPSA) is 27.1 Å². The lowest BCUT2D eigenvalue weighted by Gasteiger charge is -2.26. The lowest BCUT2D eigenvalue weighted by molar-refractivity contribution is 0.142.